The van der Waals surface area contributed by atoms with Crippen LogP contribution in [0.4, 0.5) is 0 Å². The van der Waals surface area contributed by atoms with E-state index in [9.17, 15) is 15.3 Å². The Hall–Kier alpha value is -0.980. The third-order valence-electron chi connectivity index (χ3n) is 2.85. The molecule has 1 fully saturated rings. The minimum Gasteiger partial charge on any atom is -0.388 e. The molecule has 0 saturated carbocycles. The maximum absolute atomic E-state index is 9.69. The minimum absolute atomic E-state index is 0.0185. The molecule has 1 aliphatic heterocycles. The molecule has 4 atom stereocenters. The quantitative estimate of drug-likeness (QED) is 0.556. The Morgan fingerprint density at radius 3 is 2.53 bits per heavy atom. The molecule has 0 aliphatic carbocycles. The average Bonchev–Trinajstić information content (AvgIpc) is 2.36. The van der Waals surface area contributed by atoms with Crippen LogP contribution >= 0.6 is 0 Å². The molecule has 1 aromatic rings. The summed E-state index contributed by atoms with van der Waals surface area (Å²) >= 11 is 0. The molecule has 4 N–H and O–H groups in total. The Morgan fingerprint density at radius 2 is 1.82 bits per heavy atom. The summed E-state index contributed by atoms with van der Waals surface area (Å²) in [5, 5.41) is 31.5. The van der Waals surface area contributed by atoms with Crippen LogP contribution < -0.4 is 5.32 Å². The van der Waals surface area contributed by atoms with Crippen molar-refractivity contribution >= 4 is 0 Å². The maximum atomic E-state index is 9.69. The van der Waals surface area contributed by atoms with Gasteiger partial charge in [-0.3, -0.25) is 5.32 Å². The van der Waals surface area contributed by atoms with E-state index in [1.807, 2.05) is 30.3 Å². The lowest BCUT2D eigenvalue weighted by atomic mass is 10.0. The summed E-state index contributed by atoms with van der Waals surface area (Å²) in [5.41, 5.74) is 1.06. The summed E-state index contributed by atoms with van der Waals surface area (Å²) in [6.45, 7) is 0.552. The monoisotopic (exact) mass is 239 g/mol. The van der Waals surface area contributed by atoms with E-state index >= 15 is 0 Å². The first kappa shape index (κ1) is 12.5. The number of rotatable bonds is 3. The van der Waals surface area contributed by atoms with Crippen LogP contribution in [0.5, 0.6) is 0 Å². The molecule has 0 aromatic heterocycles. The SMILES string of the molecule is O[C@@H]1[C@@H](O)[C@@H](O)CO[C@H]1NCc1ccccc1. The van der Waals surface area contributed by atoms with Crippen molar-refractivity contribution in [1.82, 2.24) is 5.32 Å². The predicted molar refractivity (Wildman–Crippen MR) is 61.0 cm³/mol. The lowest BCUT2D eigenvalue weighted by Gasteiger charge is -2.35. The van der Waals surface area contributed by atoms with E-state index in [4.69, 9.17) is 4.74 Å². The lowest BCUT2D eigenvalue weighted by Crippen LogP contribution is -2.57. The third kappa shape index (κ3) is 3.02. The molecule has 0 radical (unpaired) electrons. The van der Waals surface area contributed by atoms with E-state index in [-0.39, 0.29) is 6.61 Å². The summed E-state index contributed by atoms with van der Waals surface area (Å²) < 4.78 is 5.22. The number of hydrogen-bond donors (Lipinski definition) is 4. The molecular formula is C12H17NO4. The summed E-state index contributed by atoms with van der Waals surface area (Å²) in [6, 6.07) is 9.68. The molecule has 0 spiro atoms. The van der Waals surface area contributed by atoms with Gasteiger partial charge in [0.15, 0.2) is 0 Å². The molecule has 0 bridgehead atoms. The van der Waals surface area contributed by atoms with Gasteiger partial charge < -0.3 is 20.1 Å². The van der Waals surface area contributed by atoms with E-state index in [0.29, 0.717) is 6.54 Å². The van der Waals surface area contributed by atoms with Gasteiger partial charge in [-0.25, -0.2) is 0 Å². The lowest BCUT2D eigenvalue weighted by molar-refractivity contribution is -0.195. The van der Waals surface area contributed by atoms with Crippen LogP contribution in [-0.2, 0) is 11.3 Å². The molecular weight excluding hydrogens is 222 g/mol. The molecule has 0 amide bonds. The Balaban J connectivity index is 1.87. The molecule has 94 valence electrons. The van der Waals surface area contributed by atoms with Gasteiger partial charge in [-0.15, -0.1) is 0 Å². The first-order valence-electron chi connectivity index (χ1n) is 5.61. The average molecular weight is 239 g/mol. The Bertz CT molecular complexity index is 346. The summed E-state index contributed by atoms with van der Waals surface area (Å²) in [7, 11) is 0. The minimum atomic E-state index is -1.17. The second-order valence-electron chi connectivity index (χ2n) is 4.17. The highest BCUT2D eigenvalue weighted by molar-refractivity contribution is 5.14. The highest BCUT2D eigenvalue weighted by atomic mass is 16.5. The second-order valence-corrected chi connectivity index (χ2v) is 4.17. The zero-order chi connectivity index (χ0) is 12.3. The third-order valence-corrected chi connectivity index (χ3v) is 2.85. The first-order chi connectivity index (χ1) is 8.18. The number of ether oxygens (including phenoxy) is 1. The van der Waals surface area contributed by atoms with Crippen molar-refractivity contribution in [1.29, 1.82) is 0 Å². The van der Waals surface area contributed by atoms with Crippen LogP contribution in [0.1, 0.15) is 5.56 Å². The number of benzene rings is 1. The summed E-state index contributed by atoms with van der Waals surface area (Å²) in [4.78, 5) is 0. The predicted octanol–water partition coefficient (Wildman–Crippen LogP) is -0.785. The summed E-state index contributed by atoms with van der Waals surface area (Å²) in [5.74, 6) is 0. The molecule has 5 nitrogen and oxygen atoms in total. The van der Waals surface area contributed by atoms with Crippen LogP contribution in [0.2, 0.25) is 0 Å². The topological polar surface area (TPSA) is 82.0 Å². The van der Waals surface area contributed by atoms with E-state index < -0.39 is 24.5 Å². The molecule has 1 aromatic carbocycles. The van der Waals surface area contributed by atoms with Crippen LogP contribution in [-0.4, -0.2) is 46.5 Å². The van der Waals surface area contributed by atoms with E-state index in [2.05, 4.69) is 5.32 Å². The maximum Gasteiger partial charge on any atom is 0.137 e. The van der Waals surface area contributed by atoms with Crippen molar-refractivity contribution in [2.75, 3.05) is 6.61 Å². The van der Waals surface area contributed by atoms with Gasteiger partial charge in [0.1, 0.15) is 24.5 Å². The second kappa shape index (κ2) is 5.57. The zero-order valence-electron chi connectivity index (χ0n) is 9.36. The fourth-order valence-electron chi connectivity index (χ4n) is 1.80. The van der Waals surface area contributed by atoms with Crippen LogP contribution in [0.3, 0.4) is 0 Å². The van der Waals surface area contributed by atoms with Gasteiger partial charge in [-0.1, -0.05) is 30.3 Å². The van der Waals surface area contributed by atoms with Crippen LogP contribution in [0, 0.1) is 0 Å². The van der Waals surface area contributed by atoms with Crippen molar-refractivity contribution in [2.45, 2.75) is 31.1 Å². The van der Waals surface area contributed by atoms with E-state index in [1.54, 1.807) is 0 Å². The highest BCUT2D eigenvalue weighted by Gasteiger charge is 2.37. The van der Waals surface area contributed by atoms with Crippen molar-refractivity contribution in [2.24, 2.45) is 0 Å². The van der Waals surface area contributed by atoms with Gasteiger partial charge in [0, 0.05) is 6.54 Å². The van der Waals surface area contributed by atoms with Crippen molar-refractivity contribution in [3.8, 4) is 0 Å². The first-order valence-corrected chi connectivity index (χ1v) is 5.61. The molecule has 1 heterocycles. The molecule has 5 heteroatoms. The zero-order valence-corrected chi connectivity index (χ0v) is 9.36. The highest BCUT2D eigenvalue weighted by Crippen LogP contribution is 2.14. The molecule has 1 saturated heterocycles. The number of aliphatic hydroxyl groups is 3. The fourth-order valence-corrected chi connectivity index (χ4v) is 1.80. The molecule has 17 heavy (non-hydrogen) atoms. The van der Waals surface area contributed by atoms with Crippen molar-refractivity contribution in [3.63, 3.8) is 0 Å². The molecule has 1 aliphatic rings. The standard InChI is InChI=1S/C12H17NO4/c14-9-7-17-12(11(16)10(9)15)13-6-8-4-2-1-3-5-8/h1-5,9-16H,6-7H2/t9-,10-,11+,12+/m0/s1. The van der Waals surface area contributed by atoms with Crippen LogP contribution in [0.15, 0.2) is 30.3 Å². The van der Waals surface area contributed by atoms with Crippen molar-refractivity contribution in [3.05, 3.63) is 35.9 Å². The van der Waals surface area contributed by atoms with Gasteiger partial charge in [0.25, 0.3) is 0 Å². The van der Waals surface area contributed by atoms with Gasteiger partial charge >= 0.3 is 0 Å². The van der Waals surface area contributed by atoms with Gasteiger partial charge in [-0.05, 0) is 5.56 Å². The Labute approximate surface area is 99.7 Å². The number of aliphatic hydroxyl groups excluding tert-OH is 3. The van der Waals surface area contributed by atoms with E-state index in [0.717, 1.165) is 5.56 Å². The van der Waals surface area contributed by atoms with Gasteiger partial charge in [0.2, 0.25) is 0 Å². The smallest absolute Gasteiger partial charge is 0.137 e. The largest absolute Gasteiger partial charge is 0.388 e. The van der Waals surface area contributed by atoms with Crippen LogP contribution in [0.25, 0.3) is 0 Å². The fraction of sp³-hybridized carbons (Fsp3) is 0.500. The normalized spacial score (nSPS) is 33.6. The van der Waals surface area contributed by atoms with Crippen molar-refractivity contribution < 1.29 is 20.1 Å². The van der Waals surface area contributed by atoms with E-state index in [1.165, 1.54) is 0 Å². The molecule has 0 unspecified atom stereocenters. The number of hydrogen-bond acceptors (Lipinski definition) is 5. The van der Waals surface area contributed by atoms with Gasteiger partial charge in [0.05, 0.1) is 6.61 Å². The number of nitrogens with one attached hydrogen (secondary N) is 1. The summed E-state index contributed by atoms with van der Waals surface area (Å²) in [6.07, 6.45) is -3.98. The van der Waals surface area contributed by atoms with Gasteiger partial charge in [-0.2, -0.15) is 0 Å². The molecule has 2 rings (SSSR count). The Morgan fingerprint density at radius 1 is 1.12 bits per heavy atom. The Kier molecular flexibility index (Phi) is 4.09.